The van der Waals surface area contributed by atoms with Gasteiger partial charge in [0.2, 0.25) is 5.91 Å². The minimum atomic E-state index is -0.206. The summed E-state index contributed by atoms with van der Waals surface area (Å²) in [6.45, 7) is 3.75. The Morgan fingerprint density at radius 2 is 2.17 bits per heavy atom. The normalized spacial score (nSPS) is 29.3. The van der Waals surface area contributed by atoms with Crippen LogP contribution in [0.1, 0.15) is 33.1 Å². The van der Waals surface area contributed by atoms with E-state index in [0.29, 0.717) is 0 Å². The van der Waals surface area contributed by atoms with Crippen molar-refractivity contribution in [3.8, 4) is 0 Å². The molecule has 0 aromatic rings. The van der Waals surface area contributed by atoms with Gasteiger partial charge in [0.05, 0.1) is 6.10 Å². The summed E-state index contributed by atoms with van der Waals surface area (Å²) in [5.74, 6) is 0.136. The lowest BCUT2D eigenvalue weighted by Crippen LogP contribution is -2.36. The molecule has 1 rings (SSSR count). The van der Waals surface area contributed by atoms with E-state index in [1.54, 1.807) is 0 Å². The zero-order chi connectivity index (χ0) is 9.14. The molecular formula is C9H17NO2. The van der Waals surface area contributed by atoms with Gasteiger partial charge in [0.25, 0.3) is 0 Å². The van der Waals surface area contributed by atoms with Crippen LogP contribution in [0.5, 0.6) is 0 Å². The summed E-state index contributed by atoms with van der Waals surface area (Å²) in [5, 5.41) is 12.1. The number of nitrogens with one attached hydrogen (secondary N) is 1. The highest BCUT2D eigenvalue weighted by atomic mass is 16.3. The molecule has 0 aliphatic heterocycles. The van der Waals surface area contributed by atoms with Gasteiger partial charge in [-0.2, -0.15) is 0 Å². The van der Waals surface area contributed by atoms with Crippen LogP contribution in [0.2, 0.25) is 0 Å². The number of aliphatic hydroxyl groups excluding tert-OH is 1. The van der Waals surface area contributed by atoms with Gasteiger partial charge in [-0.1, -0.05) is 13.8 Å². The maximum Gasteiger partial charge on any atom is 0.222 e. The third kappa shape index (κ3) is 2.48. The summed E-state index contributed by atoms with van der Waals surface area (Å²) in [5.41, 5.74) is 0. The van der Waals surface area contributed by atoms with Crippen LogP contribution >= 0.6 is 0 Å². The summed E-state index contributed by atoms with van der Waals surface area (Å²) in [6.07, 6.45) is 2.25. The summed E-state index contributed by atoms with van der Waals surface area (Å²) < 4.78 is 0. The Balaban J connectivity index is 2.28. The first-order valence-corrected chi connectivity index (χ1v) is 4.58. The molecule has 3 nitrogen and oxygen atoms in total. The quantitative estimate of drug-likeness (QED) is 0.641. The van der Waals surface area contributed by atoms with Gasteiger partial charge in [-0.15, -0.1) is 0 Å². The fourth-order valence-electron chi connectivity index (χ4n) is 1.46. The molecule has 1 amide bonds. The van der Waals surface area contributed by atoms with Gasteiger partial charge in [0.15, 0.2) is 0 Å². The van der Waals surface area contributed by atoms with Gasteiger partial charge in [-0.25, -0.2) is 0 Å². The molecule has 0 heterocycles. The summed E-state index contributed by atoms with van der Waals surface area (Å²) in [7, 11) is 0. The molecule has 2 atom stereocenters. The second-order valence-corrected chi connectivity index (χ2v) is 3.83. The average Bonchev–Trinajstić information content (AvgIpc) is 2.35. The first-order valence-electron chi connectivity index (χ1n) is 4.58. The van der Waals surface area contributed by atoms with Crippen molar-refractivity contribution in [1.82, 2.24) is 5.32 Å². The van der Waals surface area contributed by atoms with Crippen molar-refractivity contribution in [2.24, 2.45) is 5.92 Å². The van der Waals surface area contributed by atoms with Gasteiger partial charge in [0.1, 0.15) is 0 Å². The van der Waals surface area contributed by atoms with E-state index in [9.17, 15) is 9.90 Å². The van der Waals surface area contributed by atoms with E-state index < -0.39 is 0 Å². The number of aliphatic hydroxyl groups is 1. The molecular weight excluding hydrogens is 154 g/mol. The number of hydrogen-bond donors (Lipinski definition) is 2. The lowest BCUT2D eigenvalue weighted by Gasteiger charge is -2.13. The van der Waals surface area contributed by atoms with Crippen molar-refractivity contribution < 1.29 is 9.90 Å². The molecule has 1 aliphatic carbocycles. The topological polar surface area (TPSA) is 49.3 Å². The Bertz CT molecular complexity index is 168. The van der Waals surface area contributed by atoms with Crippen molar-refractivity contribution in [3.05, 3.63) is 0 Å². The monoisotopic (exact) mass is 171 g/mol. The SMILES string of the molecule is CC(C)C(=O)N[C@H]1CC[C@H](O)C1. The highest BCUT2D eigenvalue weighted by molar-refractivity contribution is 5.78. The second kappa shape index (κ2) is 3.90. The molecule has 70 valence electrons. The second-order valence-electron chi connectivity index (χ2n) is 3.83. The molecule has 0 saturated heterocycles. The zero-order valence-electron chi connectivity index (χ0n) is 7.71. The molecule has 0 aromatic carbocycles. The third-order valence-electron chi connectivity index (χ3n) is 2.28. The van der Waals surface area contributed by atoms with Crippen LogP contribution < -0.4 is 5.32 Å². The fourth-order valence-corrected chi connectivity index (χ4v) is 1.46. The predicted octanol–water partition coefficient (Wildman–Crippen LogP) is 0.672. The minimum Gasteiger partial charge on any atom is -0.393 e. The number of hydrogen-bond acceptors (Lipinski definition) is 2. The van der Waals surface area contributed by atoms with Gasteiger partial charge in [-0.3, -0.25) is 4.79 Å². The standard InChI is InChI=1S/C9H17NO2/c1-6(2)9(12)10-7-3-4-8(11)5-7/h6-8,11H,3-5H2,1-2H3,(H,10,12)/t7-,8-/m0/s1. The molecule has 0 unspecified atom stereocenters. The lowest BCUT2D eigenvalue weighted by atomic mass is 10.1. The largest absolute Gasteiger partial charge is 0.393 e. The molecule has 12 heavy (non-hydrogen) atoms. The molecule has 1 saturated carbocycles. The number of rotatable bonds is 2. The van der Waals surface area contributed by atoms with Crippen LogP contribution in [0.3, 0.4) is 0 Å². The molecule has 3 heteroatoms. The Morgan fingerprint density at radius 1 is 1.50 bits per heavy atom. The highest BCUT2D eigenvalue weighted by Crippen LogP contribution is 2.18. The zero-order valence-corrected chi connectivity index (χ0v) is 7.71. The van der Waals surface area contributed by atoms with Gasteiger partial charge in [0, 0.05) is 12.0 Å². The van der Waals surface area contributed by atoms with E-state index in [-0.39, 0.29) is 24.0 Å². The molecule has 1 aliphatic rings. The average molecular weight is 171 g/mol. The maximum atomic E-state index is 11.2. The first kappa shape index (κ1) is 9.52. The van der Waals surface area contributed by atoms with Gasteiger partial charge in [-0.05, 0) is 19.3 Å². The van der Waals surface area contributed by atoms with Crippen molar-refractivity contribution in [2.45, 2.75) is 45.3 Å². The Labute approximate surface area is 73.2 Å². The predicted molar refractivity (Wildman–Crippen MR) is 46.6 cm³/mol. The van der Waals surface area contributed by atoms with Crippen LogP contribution in [0.15, 0.2) is 0 Å². The molecule has 0 aromatic heterocycles. The van der Waals surface area contributed by atoms with Crippen molar-refractivity contribution in [3.63, 3.8) is 0 Å². The van der Waals surface area contributed by atoms with Crippen molar-refractivity contribution in [1.29, 1.82) is 0 Å². The maximum absolute atomic E-state index is 11.2. The summed E-state index contributed by atoms with van der Waals surface area (Å²) in [4.78, 5) is 11.2. The first-order chi connectivity index (χ1) is 5.59. The summed E-state index contributed by atoms with van der Waals surface area (Å²) in [6, 6.07) is 0.204. The van der Waals surface area contributed by atoms with E-state index in [4.69, 9.17) is 0 Å². The van der Waals surface area contributed by atoms with Crippen LogP contribution in [0.4, 0.5) is 0 Å². The number of carbonyl (C=O) groups is 1. The van der Waals surface area contributed by atoms with E-state index in [1.165, 1.54) is 0 Å². The third-order valence-corrected chi connectivity index (χ3v) is 2.28. The molecule has 0 spiro atoms. The molecule has 0 radical (unpaired) electrons. The van der Waals surface area contributed by atoms with Crippen LogP contribution in [-0.2, 0) is 4.79 Å². The molecule has 2 N–H and O–H groups in total. The molecule has 1 fully saturated rings. The van der Waals surface area contributed by atoms with Crippen LogP contribution in [-0.4, -0.2) is 23.2 Å². The van der Waals surface area contributed by atoms with Crippen LogP contribution in [0, 0.1) is 5.92 Å². The van der Waals surface area contributed by atoms with E-state index in [2.05, 4.69) is 5.32 Å². The smallest absolute Gasteiger partial charge is 0.222 e. The van der Waals surface area contributed by atoms with Gasteiger partial charge < -0.3 is 10.4 Å². The minimum absolute atomic E-state index is 0.0442. The lowest BCUT2D eigenvalue weighted by molar-refractivity contribution is -0.124. The van der Waals surface area contributed by atoms with Crippen molar-refractivity contribution in [2.75, 3.05) is 0 Å². The van der Waals surface area contributed by atoms with Crippen LogP contribution in [0.25, 0.3) is 0 Å². The van der Waals surface area contributed by atoms with E-state index in [0.717, 1.165) is 19.3 Å². The van der Waals surface area contributed by atoms with Crippen molar-refractivity contribution >= 4 is 5.91 Å². The number of amides is 1. The Kier molecular flexibility index (Phi) is 3.09. The Hall–Kier alpha value is -0.570. The van der Waals surface area contributed by atoms with Gasteiger partial charge >= 0.3 is 0 Å². The molecule has 0 bridgehead atoms. The fraction of sp³-hybridized carbons (Fsp3) is 0.889. The van der Waals surface area contributed by atoms with E-state index in [1.807, 2.05) is 13.8 Å². The number of carbonyl (C=O) groups excluding carboxylic acids is 1. The Morgan fingerprint density at radius 3 is 2.58 bits per heavy atom. The highest BCUT2D eigenvalue weighted by Gasteiger charge is 2.24. The van der Waals surface area contributed by atoms with E-state index >= 15 is 0 Å². The summed E-state index contributed by atoms with van der Waals surface area (Å²) >= 11 is 0.